The lowest BCUT2D eigenvalue weighted by Crippen LogP contribution is -2.30. The Bertz CT molecular complexity index is 387. The molecule has 1 aliphatic rings. The van der Waals surface area contributed by atoms with Crippen LogP contribution in [0.2, 0.25) is 0 Å². The highest BCUT2D eigenvalue weighted by Gasteiger charge is 2.21. The number of rotatable bonds is 4. The third-order valence-corrected chi connectivity index (χ3v) is 2.98. The van der Waals surface area contributed by atoms with Crippen LogP contribution in [0.15, 0.2) is 18.3 Å². The molecule has 0 saturated carbocycles. The van der Waals surface area contributed by atoms with E-state index < -0.39 is 6.11 Å². The molecule has 0 aliphatic carbocycles. The smallest absolute Gasteiger partial charge is 0.353 e. The Balaban J connectivity index is 2.00. The topological polar surface area (TPSA) is 25.4 Å². The Morgan fingerprint density at radius 3 is 2.72 bits per heavy atom. The molecule has 3 nitrogen and oxygen atoms in total. The van der Waals surface area contributed by atoms with Crippen molar-refractivity contribution in [2.45, 2.75) is 38.9 Å². The molecule has 5 heteroatoms. The van der Waals surface area contributed by atoms with Crippen LogP contribution in [0.25, 0.3) is 0 Å². The van der Waals surface area contributed by atoms with Crippen molar-refractivity contribution in [1.29, 1.82) is 0 Å². The van der Waals surface area contributed by atoms with Crippen LogP contribution >= 0.6 is 0 Å². The predicted molar refractivity (Wildman–Crippen MR) is 65.7 cm³/mol. The molecule has 1 fully saturated rings. The summed E-state index contributed by atoms with van der Waals surface area (Å²) < 4.78 is 29.7. The van der Waals surface area contributed by atoms with E-state index in [9.17, 15) is 8.78 Å². The SMILES string of the molecule is CC(F)(F)OCc1ccnc(N2CCCCC2)c1. The highest BCUT2D eigenvalue weighted by atomic mass is 19.3. The lowest BCUT2D eigenvalue weighted by atomic mass is 10.1. The molecule has 0 radical (unpaired) electrons. The summed E-state index contributed by atoms with van der Waals surface area (Å²) in [6, 6.07) is 3.54. The molecule has 100 valence electrons. The second-order valence-corrected chi connectivity index (χ2v) is 4.67. The predicted octanol–water partition coefficient (Wildman–Crippen LogP) is 3.20. The van der Waals surface area contributed by atoms with Gasteiger partial charge in [-0.2, -0.15) is 8.78 Å². The summed E-state index contributed by atoms with van der Waals surface area (Å²) in [4.78, 5) is 6.48. The van der Waals surface area contributed by atoms with Crippen molar-refractivity contribution in [3.8, 4) is 0 Å². The Morgan fingerprint density at radius 1 is 1.33 bits per heavy atom. The van der Waals surface area contributed by atoms with Gasteiger partial charge in [-0.05, 0) is 37.0 Å². The van der Waals surface area contributed by atoms with Gasteiger partial charge in [-0.25, -0.2) is 4.98 Å². The maximum atomic E-state index is 12.6. The van der Waals surface area contributed by atoms with E-state index in [2.05, 4.69) is 14.6 Å². The maximum Gasteiger partial charge on any atom is 0.353 e. The van der Waals surface area contributed by atoms with Gasteiger partial charge < -0.3 is 9.64 Å². The number of pyridine rings is 1. The van der Waals surface area contributed by atoms with Gasteiger partial charge >= 0.3 is 6.11 Å². The first-order valence-electron chi connectivity index (χ1n) is 6.26. The van der Waals surface area contributed by atoms with Crippen molar-refractivity contribution in [3.63, 3.8) is 0 Å². The molecular weight excluding hydrogens is 238 g/mol. The summed E-state index contributed by atoms with van der Waals surface area (Å²) in [6.07, 6.45) is 2.14. The fourth-order valence-electron chi connectivity index (χ4n) is 2.06. The molecule has 0 amide bonds. The van der Waals surface area contributed by atoms with Gasteiger partial charge in [0.15, 0.2) is 0 Å². The Morgan fingerprint density at radius 2 is 2.06 bits per heavy atom. The lowest BCUT2D eigenvalue weighted by Gasteiger charge is -2.28. The van der Waals surface area contributed by atoms with Gasteiger partial charge in [0.05, 0.1) is 6.61 Å². The van der Waals surface area contributed by atoms with Gasteiger partial charge in [-0.3, -0.25) is 0 Å². The van der Waals surface area contributed by atoms with Crippen molar-refractivity contribution in [2.24, 2.45) is 0 Å². The van der Waals surface area contributed by atoms with E-state index in [1.807, 2.05) is 6.07 Å². The van der Waals surface area contributed by atoms with Crippen molar-refractivity contribution in [3.05, 3.63) is 23.9 Å². The Hall–Kier alpha value is -1.23. The molecule has 0 N–H and O–H groups in total. The summed E-state index contributed by atoms with van der Waals surface area (Å²) in [6.45, 7) is 2.63. The number of hydrogen-bond acceptors (Lipinski definition) is 3. The molecule has 0 atom stereocenters. The molecule has 2 heterocycles. The first-order valence-corrected chi connectivity index (χ1v) is 6.26. The van der Waals surface area contributed by atoms with Crippen LogP contribution < -0.4 is 4.90 Å². The van der Waals surface area contributed by atoms with E-state index in [1.54, 1.807) is 12.3 Å². The van der Waals surface area contributed by atoms with Crippen LogP contribution in [-0.4, -0.2) is 24.2 Å². The van der Waals surface area contributed by atoms with Crippen molar-refractivity contribution < 1.29 is 13.5 Å². The van der Waals surface area contributed by atoms with E-state index in [0.717, 1.165) is 44.2 Å². The van der Waals surface area contributed by atoms with Crippen molar-refractivity contribution in [2.75, 3.05) is 18.0 Å². The number of anilines is 1. The second-order valence-electron chi connectivity index (χ2n) is 4.67. The average molecular weight is 256 g/mol. The molecule has 18 heavy (non-hydrogen) atoms. The third kappa shape index (κ3) is 3.91. The Kier molecular flexibility index (Phi) is 4.11. The minimum atomic E-state index is -3.09. The third-order valence-electron chi connectivity index (χ3n) is 2.98. The zero-order valence-electron chi connectivity index (χ0n) is 10.5. The first kappa shape index (κ1) is 13.2. The number of piperidine rings is 1. The molecule has 1 aromatic heterocycles. The summed E-state index contributed by atoms with van der Waals surface area (Å²) >= 11 is 0. The average Bonchev–Trinajstić information content (AvgIpc) is 2.37. The highest BCUT2D eigenvalue weighted by Crippen LogP contribution is 2.20. The fraction of sp³-hybridized carbons (Fsp3) is 0.615. The molecule has 0 aromatic carbocycles. The molecule has 0 unspecified atom stereocenters. The van der Waals surface area contributed by atoms with Gasteiger partial charge in [0.2, 0.25) is 0 Å². The van der Waals surface area contributed by atoms with Gasteiger partial charge in [0.25, 0.3) is 0 Å². The quantitative estimate of drug-likeness (QED) is 0.827. The standard InChI is InChI=1S/C13H18F2N2O/c1-13(14,15)18-10-11-5-6-16-12(9-11)17-7-3-2-4-8-17/h5-6,9H,2-4,7-8,10H2,1H3. The molecule has 1 aliphatic heterocycles. The zero-order chi connectivity index (χ0) is 13.0. The summed E-state index contributed by atoms with van der Waals surface area (Å²) in [5.41, 5.74) is 0.729. The van der Waals surface area contributed by atoms with Gasteiger partial charge in [0.1, 0.15) is 5.82 Å². The Labute approximate surface area is 106 Å². The van der Waals surface area contributed by atoms with E-state index in [1.165, 1.54) is 6.42 Å². The minimum absolute atomic E-state index is 0.0904. The van der Waals surface area contributed by atoms with Crippen LogP contribution in [-0.2, 0) is 11.3 Å². The van der Waals surface area contributed by atoms with Crippen LogP contribution in [0, 0.1) is 0 Å². The van der Waals surface area contributed by atoms with E-state index in [-0.39, 0.29) is 6.61 Å². The molecule has 2 rings (SSSR count). The maximum absolute atomic E-state index is 12.6. The number of nitrogens with zero attached hydrogens (tertiary/aromatic N) is 2. The number of ether oxygens (including phenoxy) is 1. The summed E-state index contributed by atoms with van der Waals surface area (Å²) in [5.74, 6) is 0.857. The molecular formula is C13H18F2N2O. The second kappa shape index (κ2) is 5.61. The van der Waals surface area contributed by atoms with E-state index in [4.69, 9.17) is 0 Å². The van der Waals surface area contributed by atoms with Crippen LogP contribution in [0.4, 0.5) is 14.6 Å². The summed E-state index contributed by atoms with van der Waals surface area (Å²) in [5, 5.41) is 0. The van der Waals surface area contributed by atoms with E-state index >= 15 is 0 Å². The monoisotopic (exact) mass is 256 g/mol. The van der Waals surface area contributed by atoms with Gasteiger partial charge in [-0.15, -0.1) is 0 Å². The molecule has 1 saturated heterocycles. The minimum Gasteiger partial charge on any atom is -0.357 e. The molecule has 0 bridgehead atoms. The number of halogens is 2. The number of aromatic nitrogens is 1. The first-order chi connectivity index (χ1) is 8.54. The fourth-order valence-corrected chi connectivity index (χ4v) is 2.06. The highest BCUT2D eigenvalue weighted by molar-refractivity contribution is 5.41. The molecule has 0 spiro atoms. The normalized spacial score (nSPS) is 16.9. The number of alkyl halides is 2. The molecule has 1 aromatic rings. The van der Waals surface area contributed by atoms with E-state index in [0.29, 0.717) is 0 Å². The van der Waals surface area contributed by atoms with Crippen molar-refractivity contribution >= 4 is 5.82 Å². The number of hydrogen-bond donors (Lipinski definition) is 0. The zero-order valence-corrected chi connectivity index (χ0v) is 10.5. The van der Waals surface area contributed by atoms with Gasteiger partial charge in [-0.1, -0.05) is 0 Å². The van der Waals surface area contributed by atoms with Crippen LogP contribution in [0.3, 0.4) is 0 Å². The van der Waals surface area contributed by atoms with Gasteiger partial charge in [0, 0.05) is 26.2 Å². The summed E-state index contributed by atoms with van der Waals surface area (Å²) in [7, 11) is 0. The lowest BCUT2D eigenvalue weighted by molar-refractivity contribution is -0.231. The van der Waals surface area contributed by atoms with Crippen LogP contribution in [0.1, 0.15) is 31.7 Å². The van der Waals surface area contributed by atoms with Crippen molar-refractivity contribution in [1.82, 2.24) is 4.98 Å². The largest absolute Gasteiger partial charge is 0.357 e. The van der Waals surface area contributed by atoms with Crippen LogP contribution in [0.5, 0.6) is 0 Å².